The van der Waals surface area contributed by atoms with E-state index in [-0.39, 0.29) is 0 Å². The number of hydrogen-bond acceptors (Lipinski definition) is 7. The highest BCUT2D eigenvalue weighted by Crippen LogP contribution is 2.43. The lowest BCUT2D eigenvalue weighted by molar-refractivity contribution is 0.416. The quantitative estimate of drug-likeness (QED) is 0.441. The minimum absolute atomic E-state index is 0.461. The average molecular weight is 375 g/mol. The molecule has 0 radical (unpaired) electrons. The molecule has 3 heterocycles. The third-order valence-electron chi connectivity index (χ3n) is 4.18. The fourth-order valence-electron chi connectivity index (χ4n) is 2.85. The lowest BCUT2D eigenvalue weighted by Crippen LogP contribution is -1.87. The molecule has 0 saturated heterocycles. The van der Waals surface area contributed by atoms with Gasteiger partial charge < -0.3 is 4.74 Å². The van der Waals surface area contributed by atoms with Crippen molar-refractivity contribution in [3.05, 3.63) is 66.2 Å². The monoisotopic (exact) mass is 375 g/mol. The van der Waals surface area contributed by atoms with Crippen LogP contribution in [0.15, 0.2) is 65.3 Å². The molecule has 0 N–H and O–H groups in total. The summed E-state index contributed by atoms with van der Waals surface area (Å²) in [6, 6.07) is 11.8. The normalized spacial score (nSPS) is 11.3. The van der Waals surface area contributed by atoms with Crippen molar-refractivity contribution in [1.29, 1.82) is 0 Å². The molecule has 0 atom stereocenters. The summed E-state index contributed by atoms with van der Waals surface area (Å²) in [5.41, 5.74) is 4.03. The fraction of sp³-hybridized carbons (Fsp3) is 0.150. The number of nitrogens with zero attached hydrogens (tertiary/aromatic N) is 5. The lowest BCUT2D eigenvalue weighted by Gasteiger charge is -2.06. The number of aromatic nitrogens is 3. The van der Waals surface area contributed by atoms with Crippen LogP contribution >= 0.6 is 11.3 Å². The molecule has 1 aromatic carbocycles. The SMILES string of the molecule is COc1ccccc1-c1sc2c(N=NCc3cccnc3)ncnc2c1C. The Kier molecular flexibility index (Phi) is 4.84. The average Bonchev–Trinajstić information content (AvgIpc) is 3.06. The number of azo groups is 1. The number of para-hydroxylation sites is 1. The van der Waals surface area contributed by atoms with Gasteiger partial charge in [0.15, 0.2) is 5.82 Å². The molecule has 0 aliphatic heterocycles. The van der Waals surface area contributed by atoms with E-state index in [1.807, 2.05) is 36.4 Å². The lowest BCUT2D eigenvalue weighted by atomic mass is 10.1. The van der Waals surface area contributed by atoms with Gasteiger partial charge in [-0.15, -0.1) is 16.5 Å². The predicted molar refractivity (Wildman–Crippen MR) is 107 cm³/mol. The molecule has 27 heavy (non-hydrogen) atoms. The Morgan fingerprint density at radius 2 is 2.00 bits per heavy atom. The molecular weight excluding hydrogens is 358 g/mol. The van der Waals surface area contributed by atoms with Crippen LogP contribution in [0.2, 0.25) is 0 Å². The molecule has 134 valence electrons. The Bertz CT molecular complexity index is 1110. The summed E-state index contributed by atoms with van der Waals surface area (Å²) < 4.78 is 6.44. The number of aryl methyl sites for hydroxylation is 1. The van der Waals surface area contributed by atoms with Gasteiger partial charge in [-0.05, 0) is 36.2 Å². The van der Waals surface area contributed by atoms with Gasteiger partial charge in [0.2, 0.25) is 0 Å². The summed E-state index contributed by atoms with van der Waals surface area (Å²) in [5.74, 6) is 1.41. The van der Waals surface area contributed by atoms with E-state index in [0.717, 1.165) is 37.5 Å². The van der Waals surface area contributed by atoms with Gasteiger partial charge in [-0.1, -0.05) is 18.2 Å². The summed E-state index contributed by atoms with van der Waals surface area (Å²) in [7, 11) is 1.68. The van der Waals surface area contributed by atoms with E-state index >= 15 is 0 Å². The number of pyridine rings is 1. The van der Waals surface area contributed by atoms with Gasteiger partial charge in [0.25, 0.3) is 0 Å². The highest BCUT2D eigenvalue weighted by Gasteiger charge is 2.17. The molecule has 4 rings (SSSR count). The molecule has 0 aliphatic carbocycles. The second kappa shape index (κ2) is 7.59. The highest BCUT2D eigenvalue weighted by molar-refractivity contribution is 7.23. The zero-order valence-electron chi connectivity index (χ0n) is 15.0. The molecule has 0 fully saturated rings. The maximum absolute atomic E-state index is 5.52. The predicted octanol–water partition coefficient (Wildman–Crippen LogP) is 5.35. The molecule has 0 bridgehead atoms. The van der Waals surface area contributed by atoms with E-state index < -0.39 is 0 Å². The molecule has 0 aliphatic rings. The number of rotatable bonds is 5. The summed E-state index contributed by atoms with van der Waals surface area (Å²) in [4.78, 5) is 14.0. The van der Waals surface area contributed by atoms with Crippen LogP contribution in [-0.4, -0.2) is 22.1 Å². The molecule has 0 amide bonds. The summed E-state index contributed by atoms with van der Waals surface area (Å²) in [6.07, 6.45) is 5.05. The summed E-state index contributed by atoms with van der Waals surface area (Å²) in [6.45, 7) is 2.52. The molecule has 3 aromatic heterocycles. The maximum atomic E-state index is 5.52. The highest BCUT2D eigenvalue weighted by atomic mass is 32.1. The minimum atomic E-state index is 0.461. The van der Waals surface area contributed by atoms with Crippen molar-refractivity contribution in [2.45, 2.75) is 13.5 Å². The van der Waals surface area contributed by atoms with Crippen molar-refractivity contribution >= 4 is 27.4 Å². The van der Waals surface area contributed by atoms with Gasteiger partial charge in [-0.3, -0.25) is 4.98 Å². The van der Waals surface area contributed by atoms with Crippen molar-refractivity contribution in [3.63, 3.8) is 0 Å². The van der Waals surface area contributed by atoms with E-state index in [4.69, 9.17) is 4.74 Å². The van der Waals surface area contributed by atoms with E-state index in [1.165, 1.54) is 6.33 Å². The Balaban J connectivity index is 1.73. The molecule has 0 spiro atoms. The number of ether oxygens (including phenoxy) is 1. The van der Waals surface area contributed by atoms with Crippen LogP contribution in [0.1, 0.15) is 11.1 Å². The molecule has 0 saturated carbocycles. The number of fused-ring (bicyclic) bond motifs is 1. The molecular formula is C20H17N5OS. The number of methoxy groups -OCH3 is 1. The topological polar surface area (TPSA) is 72.6 Å². The smallest absolute Gasteiger partial charge is 0.195 e. The first kappa shape index (κ1) is 17.2. The second-order valence-electron chi connectivity index (χ2n) is 5.89. The van der Waals surface area contributed by atoms with E-state index in [9.17, 15) is 0 Å². The minimum Gasteiger partial charge on any atom is -0.496 e. The first-order valence-corrected chi connectivity index (χ1v) is 9.23. The molecule has 4 aromatic rings. The Labute approximate surface area is 160 Å². The van der Waals surface area contributed by atoms with Gasteiger partial charge in [0.1, 0.15) is 16.8 Å². The third kappa shape index (κ3) is 3.41. The Hall–Kier alpha value is -3.19. The van der Waals surface area contributed by atoms with Crippen LogP contribution in [0.4, 0.5) is 5.82 Å². The number of hydrogen-bond donors (Lipinski definition) is 0. The van der Waals surface area contributed by atoms with Crippen LogP contribution < -0.4 is 4.74 Å². The molecule has 0 unspecified atom stereocenters. The van der Waals surface area contributed by atoms with E-state index in [0.29, 0.717) is 12.4 Å². The van der Waals surface area contributed by atoms with Crippen LogP contribution in [0, 0.1) is 6.92 Å². The number of thiophene rings is 1. The maximum Gasteiger partial charge on any atom is 0.195 e. The Morgan fingerprint density at radius 1 is 1.11 bits per heavy atom. The van der Waals surface area contributed by atoms with Gasteiger partial charge in [0, 0.05) is 22.8 Å². The van der Waals surface area contributed by atoms with Crippen molar-refractivity contribution < 1.29 is 4.74 Å². The first-order valence-electron chi connectivity index (χ1n) is 8.42. The van der Waals surface area contributed by atoms with Crippen LogP contribution in [0.5, 0.6) is 5.75 Å². The second-order valence-corrected chi connectivity index (χ2v) is 6.91. The summed E-state index contributed by atoms with van der Waals surface area (Å²) in [5, 5.41) is 8.63. The van der Waals surface area contributed by atoms with Gasteiger partial charge in [0.05, 0.1) is 19.2 Å². The van der Waals surface area contributed by atoms with Gasteiger partial charge >= 0.3 is 0 Å². The molecule has 6 nitrogen and oxygen atoms in total. The standard InChI is InChI=1S/C20H17N5OS/c1-13-17-19(27-18(13)15-7-3-4-8-16(15)26-2)20(23-12-22-17)25-24-11-14-6-5-9-21-10-14/h3-10,12H,11H2,1-2H3. The largest absolute Gasteiger partial charge is 0.496 e. The fourth-order valence-corrected chi connectivity index (χ4v) is 4.07. The zero-order chi connectivity index (χ0) is 18.6. The third-order valence-corrected chi connectivity index (χ3v) is 5.49. The Morgan fingerprint density at radius 3 is 2.81 bits per heavy atom. The van der Waals surface area contributed by atoms with Crippen LogP contribution in [0.25, 0.3) is 20.7 Å². The molecule has 7 heteroatoms. The zero-order valence-corrected chi connectivity index (χ0v) is 15.8. The van der Waals surface area contributed by atoms with Crippen molar-refractivity contribution in [3.8, 4) is 16.2 Å². The van der Waals surface area contributed by atoms with E-state index in [1.54, 1.807) is 30.8 Å². The van der Waals surface area contributed by atoms with Crippen molar-refractivity contribution in [1.82, 2.24) is 15.0 Å². The van der Waals surface area contributed by atoms with Crippen LogP contribution in [-0.2, 0) is 6.54 Å². The van der Waals surface area contributed by atoms with Crippen molar-refractivity contribution in [2.24, 2.45) is 10.2 Å². The van der Waals surface area contributed by atoms with Gasteiger partial charge in [-0.25, -0.2) is 9.97 Å². The number of benzene rings is 1. The van der Waals surface area contributed by atoms with Crippen LogP contribution in [0.3, 0.4) is 0 Å². The summed E-state index contributed by atoms with van der Waals surface area (Å²) >= 11 is 1.61. The van der Waals surface area contributed by atoms with E-state index in [2.05, 4.69) is 32.1 Å². The first-order chi connectivity index (χ1) is 13.3. The van der Waals surface area contributed by atoms with Crippen molar-refractivity contribution in [2.75, 3.05) is 7.11 Å². The van der Waals surface area contributed by atoms with Gasteiger partial charge in [-0.2, -0.15) is 5.11 Å².